The first-order valence-electron chi connectivity index (χ1n) is 6.48. The van der Waals surface area contributed by atoms with Crippen LogP contribution in [0.15, 0.2) is 0 Å². The lowest BCUT2D eigenvalue weighted by molar-refractivity contribution is 0.198. The molecule has 0 radical (unpaired) electrons. The zero-order valence-electron chi connectivity index (χ0n) is 10.1. The van der Waals surface area contributed by atoms with Gasteiger partial charge in [0, 0.05) is 18.7 Å². The van der Waals surface area contributed by atoms with Crippen molar-refractivity contribution in [2.24, 2.45) is 11.3 Å². The second-order valence-electron chi connectivity index (χ2n) is 6.25. The highest BCUT2D eigenvalue weighted by Crippen LogP contribution is 2.38. The van der Waals surface area contributed by atoms with E-state index < -0.39 is 0 Å². The molecule has 0 aliphatic heterocycles. The maximum Gasteiger partial charge on any atom is 0.0474 e. The maximum absolute atomic E-state index is 9.27. The summed E-state index contributed by atoms with van der Waals surface area (Å²) < 4.78 is 0. The predicted molar refractivity (Wildman–Crippen MR) is 62.8 cm³/mol. The molecule has 0 aromatic rings. The number of aliphatic hydroxyl groups excluding tert-OH is 1. The Labute approximate surface area is 93.5 Å². The average molecular weight is 211 g/mol. The Bertz CT molecular complexity index is 215. The first kappa shape index (κ1) is 11.4. The Kier molecular flexibility index (Phi) is 3.36. The molecule has 0 saturated heterocycles. The molecule has 2 aliphatic carbocycles. The highest BCUT2D eigenvalue weighted by atomic mass is 16.3. The number of nitrogens with one attached hydrogen (secondary N) is 1. The molecule has 15 heavy (non-hydrogen) atoms. The smallest absolute Gasteiger partial charge is 0.0474 e. The fourth-order valence-corrected chi connectivity index (χ4v) is 3.36. The fourth-order valence-electron chi connectivity index (χ4n) is 3.36. The molecule has 2 rings (SSSR count). The second-order valence-corrected chi connectivity index (χ2v) is 6.25. The molecule has 2 fully saturated rings. The van der Waals surface area contributed by atoms with Crippen LogP contribution < -0.4 is 5.32 Å². The quantitative estimate of drug-likeness (QED) is 0.751. The minimum atomic E-state index is 0.369. The van der Waals surface area contributed by atoms with Gasteiger partial charge in [0.15, 0.2) is 0 Å². The van der Waals surface area contributed by atoms with Crippen LogP contribution in [0.4, 0.5) is 0 Å². The highest BCUT2D eigenvalue weighted by molar-refractivity contribution is 4.91. The molecule has 3 atom stereocenters. The van der Waals surface area contributed by atoms with E-state index in [4.69, 9.17) is 0 Å². The summed E-state index contributed by atoms with van der Waals surface area (Å²) in [6.07, 6.45) is 7.75. The zero-order chi connectivity index (χ0) is 10.9. The number of aliphatic hydroxyl groups is 1. The molecule has 0 aromatic heterocycles. The van der Waals surface area contributed by atoms with Gasteiger partial charge in [-0.05, 0) is 43.4 Å². The SMILES string of the molecule is CC1(C)CCC(NC2CCCC2CO)C1. The molecule has 0 bridgehead atoms. The lowest BCUT2D eigenvalue weighted by Crippen LogP contribution is -2.40. The summed E-state index contributed by atoms with van der Waals surface area (Å²) in [5.74, 6) is 0.522. The second kappa shape index (κ2) is 4.42. The zero-order valence-corrected chi connectivity index (χ0v) is 10.1. The lowest BCUT2D eigenvalue weighted by Gasteiger charge is -2.24. The van der Waals surface area contributed by atoms with Crippen molar-refractivity contribution < 1.29 is 5.11 Å². The molecule has 2 nitrogen and oxygen atoms in total. The van der Waals surface area contributed by atoms with Gasteiger partial charge in [-0.1, -0.05) is 20.3 Å². The van der Waals surface area contributed by atoms with Gasteiger partial charge in [0.25, 0.3) is 0 Å². The largest absolute Gasteiger partial charge is 0.396 e. The van der Waals surface area contributed by atoms with Crippen molar-refractivity contribution in [2.75, 3.05) is 6.61 Å². The Morgan fingerprint density at radius 1 is 1.27 bits per heavy atom. The van der Waals surface area contributed by atoms with E-state index in [-0.39, 0.29) is 0 Å². The van der Waals surface area contributed by atoms with Gasteiger partial charge < -0.3 is 10.4 Å². The van der Waals surface area contributed by atoms with E-state index in [0.717, 1.165) is 0 Å². The number of hydrogen-bond donors (Lipinski definition) is 2. The van der Waals surface area contributed by atoms with Gasteiger partial charge in [0.2, 0.25) is 0 Å². The van der Waals surface area contributed by atoms with Crippen molar-refractivity contribution in [3.63, 3.8) is 0 Å². The van der Waals surface area contributed by atoms with Crippen LogP contribution in [-0.2, 0) is 0 Å². The minimum Gasteiger partial charge on any atom is -0.396 e. The third-order valence-corrected chi connectivity index (χ3v) is 4.31. The van der Waals surface area contributed by atoms with Crippen LogP contribution in [0.2, 0.25) is 0 Å². The molecule has 0 spiro atoms. The standard InChI is InChI=1S/C13H25NO/c1-13(2)7-6-11(8-13)14-12-5-3-4-10(12)9-15/h10-12,14-15H,3-9H2,1-2H3. The molecule has 0 heterocycles. The lowest BCUT2D eigenvalue weighted by atomic mass is 9.91. The van der Waals surface area contributed by atoms with E-state index in [1.54, 1.807) is 0 Å². The van der Waals surface area contributed by atoms with E-state index in [0.29, 0.717) is 30.0 Å². The Balaban J connectivity index is 1.82. The van der Waals surface area contributed by atoms with Crippen LogP contribution in [-0.4, -0.2) is 23.8 Å². The van der Waals surface area contributed by atoms with Crippen LogP contribution in [0.3, 0.4) is 0 Å². The van der Waals surface area contributed by atoms with Crippen LogP contribution in [0, 0.1) is 11.3 Å². The Morgan fingerprint density at radius 2 is 2.07 bits per heavy atom. The van der Waals surface area contributed by atoms with E-state index in [1.807, 2.05) is 0 Å². The summed E-state index contributed by atoms with van der Waals surface area (Å²) in [7, 11) is 0. The Morgan fingerprint density at radius 3 is 2.67 bits per heavy atom. The summed E-state index contributed by atoms with van der Waals surface area (Å²) in [5.41, 5.74) is 0.533. The van der Waals surface area contributed by atoms with Crippen molar-refractivity contribution in [3.05, 3.63) is 0 Å². The molecule has 2 heteroatoms. The normalized spacial score (nSPS) is 39.8. The van der Waals surface area contributed by atoms with Gasteiger partial charge >= 0.3 is 0 Å². The van der Waals surface area contributed by atoms with E-state index in [1.165, 1.54) is 38.5 Å². The topological polar surface area (TPSA) is 32.3 Å². The molecule has 2 aliphatic rings. The number of rotatable bonds is 3. The van der Waals surface area contributed by atoms with Crippen molar-refractivity contribution in [1.29, 1.82) is 0 Å². The minimum absolute atomic E-state index is 0.369. The Hall–Kier alpha value is -0.0800. The van der Waals surface area contributed by atoms with Crippen molar-refractivity contribution in [3.8, 4) is 0 Å². The molecule has 0 amide bonds. The van der Waals surface area contributed by atoms with E-state index >= 15 is 0 Å². The summed E-state index contributed by atoms with van der Waals surface area (Å²) in [4.78, 5) is 0. The van der Waals surface area contributed by atoms with Gasteiger partial charge in [-0.25, -0.2) is 0 Å². The van der Waals surface area contributed by atoms with Crippen LogP contribution in [0.1, 0.15) is 52.4 Å². The van der Waals surface area contributed by atoms with Crippen LogP contribution in [0.5, 0.6) is 0 Å². The molecule has 3 unspecified atom stereocenters. The van der Waals surface area contributed by atoms with Gasteiger partial charge in [-0.3, -0.25) is 0 Å². The molecule has 0 aromatic carbocycles. The van der Waals surface area contributed by atoms with Gasteiger partial charge in [-0.15, -0.1) is 0 Å². The molecular formula is C13H25NO. The van der Waals surface area contributed by atoms with Crippen molar-refractivity contribution in [2.45, 2.75) is 64.5 Å². The van der Waals surface area contributed by atoms with E-state index in [9.17, 15) is 5.11 Å². The third kappa shape index (κ3) is 2.73. The monoisotopic (exact) mass is 211 g/mol. The summed E-state index contributed by atoms with van der Waals surface area (Å²) in [6, 6.07) is 1.30. The first-order chi connectivity index (χ1) is 7.11. The molecular weight excluding hydrogens is 186 g/mol. The molecule has 2 N–H and O–H groups in total. The van der Waals surface area contributed by atoms with Gasteiger partial charge in [0.05, 0.1) is 0 Å². The highest BCUT2D eigenvalue weighted by Gasteiger charge is 2.34. The first-order valence-corrected chi connectivity index (χ1v) is 6.48. The maximum atomic E-state index is 9.27. The average Bonchev–Trinajstić information content (AvgIpc) is 2.73. The van der Waals surface area contributed by atoms with Crippen molar-refractivity contribution >= 4 is 0 Å². The summed E-state index contributed by atoms with van der Waals surface area (Å²) >= 11 is 0. The van der Waals surface area contributed by atoms with Gasteiger partial charge in [0.1, 0.15) is 0 Å². The predicted octanol–water partition coefficient (Wildman–Crippen LogP) is 2.32. The fraction of sp³-hybridized carbons (Fsp3) is 1.00. The molecule has 2 saturated carbocycles. The van der Waals surface area contributed by atoms with Gasteiger partial charge in [-0.2, -0.15) is 0 Å². The third-order valence-electron chi connectivity index (χ3n) is 4.31. The molecule has 88 valence electrons. The number of hydrogen-bond acceptors (Lipinski definition) is 2. The van der Waals surface area contributed by atoms with Crippen molar-refractivity contribution in [1.82, 2.24) is 5.32 Å². The van der Waals surface area contributed by atoms with E-state index in [2.05, 4.69) is 19.2 Å². The van der Waals surface area contributed by atoms with Crippen LogP contribution in [0.25, 0.3) is 0 Å². The summed E-state index contributed by atoms with van der Waals surface area (Å²) in [5, 5.41) is 13.0. The van der Waals surface area contributed by atoms with Crippen LogP contribution >= 0.6 is 0 Å². The summed E-state index contributed by atoms with van der Waals surface area (Å²) in [6.45, 7) is 5.10.